The Morgan fingerprint density at radius 3 is 2.19 bits per heavy atom. The molecule has 2 rings (SSSR count). The van der Waals surface area contributed by atoms with E-state index in [2.05, 4.69) is 15.9 Å². The molecule has 0 spiro atoms. The van der Waals surface area contributed by atoms with Crippen molar-refractivity contribution in [3.8, 4) is 0 Å². The lowest BCUT2D eigenvalue weighted by molar-refractivity contribution is -0.163. The highest BCUT2D eigenvalue weighted by Crippen LogP contribution is 2.32. The lowest BCUT2D eigenvalue weighted by atomic mass is 10.0. The summed E-state index contributed by atoms with van der Waals surface area (Å²) in [6.07, 6.45) is 0. The molecule has 1 aromatic carbocycles. The monoisotopic (exact) mass is 376 g/mol. The first kappa shape index (κ1) is 16.7. The van der Waals surface area contributed by atoms with Crippen LogP contribution in [0.2, 0.25) is 0 Å². The number of nitrogens with zero attached hydrogens (tertiary/aromatic N) is 1. The smallest absolute Gasteiger partial charge is 0.243 e. The van der Waals surface area contributed by atoms with E-state index in [9.17, 15) is 8.42 Å². The molecule has 118 valence electrons. The van der Waals surface area contributed by atoms with E-state index >= 15 is 0 Å². The highest BCUT2D eigenvalue weighted by Gasteiger charge is 2.43. The Kier molecular flexibility index (Phi) is 4.16. The predicted molar refractivity (Wildman–Crippen MR) is 86.6 cm³/mol. The standard InChI is InChI=1S/C14H21BrN2O3S/c1-13(2)8-17(9-14(3,4)20-13)21(18,19)10-5-6-11(15)12(16)7-10/h5-7H,8-9,16H2,1-4H3. The molecule has 1 saturated heterocycles. The minimum atomic E-state index is -3.59. The number of hydrogen-bond acceptors (Lipinski definition) is 4. The van der Waals surface area contributed by atoms with Crippen LogP contribution < -0.4 is 5.73 Å². The Balaban J connectivity index is 2.41. The van der Waals surface area contributed by atoms with E-state index in [0.29, 0.717) is 23.2 Å². The van der Waals surface area contributed by atoms with E-state index in [1.54, 1.807) is 12.1 Å². The zero-order valence-corrected chi connectivity index (χ0v) is 15.1. The van der Waals surface area contributed by atoms with Crippen LogP contribution in [0.15, 0.2) is 27.6 Å². The maximum Gasteiger partial charge on any atom is 0.243 e. The molecule has 1 aliphatic rings. The number of anilines is 1. The van der Waals surface area contributed by atoms with Crippen molar-refractivity contribution in [3.05, 3.63) is 22.7 Å². The number of benzene rings is 1. The maximum absolute atomic E-state index is 12.8. The number of rotatable bonds is 2. The first-order valence-corrected chi connectivity index (χ1v) is 8.92. The second kappa shape index (κ2) is 5.22. The van der Waals surface area contributed by atoms with Crippen molar-refractivity contribution < 1.29 is 13.2 Å². The van der Waals surface area contributed by atoms with Crippen LogP contribution in [-0.4, -0.2) is 37.0 Å². The molecule has 1 heterocycles. The quantitative estimate of drug-likeness (QED) is 0.805. The molecule has 2 N–H and O–H groups in total. The third kappa shape index (κ3) is 3.59. The van der Waals surface area contributed by atoms with Crippen LogP contribution in [0.4, 0.5) is 5.69 Å². The Morgan fingerprint density at radius 1 is 1.19 bits per heavy atom. The van der Waals surface area contributed by atoms with E-state index in [1.807, 2.05) is 27.7 Å². The van der Waals surface area contributed by atoms with E-state index < -0.39 is 21.2 Å². The molecule has 0 aliphatic carbocycles. The van der Waals surface area contributed by atoms with Crippen molar-refractivity contribution in [1.29, 1.82) is 0 Å². The molecule has 0 radical (unpaired) electrons. The summed E-state index contributed by atoms with van der Waals surface area (Å²) in [7, 11) is -3.59. The van der Waals surface area contributed by atoms with Gasteiger partial charge in [-0.1, -0.05) is 0 Å². The molecule has 0 unspecified atom stereocenters. The molecular weight excluding hydrogens is 356 g/mol. The minimum Gasteiger partial charge on any atom is -0.398 e. The van der Waals surface area contributed by atoms with Gasteiger partial charge in [0.2, 0.25) is 10.0 Å². The molecular formula is C14H21BrN2O3S. The second-order valence-electron chi connectivity index (χ2n) is 6.58. The van der Waals surface area contributed by atoms with Crippen LogP contribution >= 0.6 is 15.9 Å². The Morgan fingerprint density at radius 2 is 1.71 bits per heavy atom. The third-order valence-corrected chi connectivity index (χ3v) is 5.78. The lowest BCUT2D eigenvalue weighted by Crippen LogP contribution is -2.58. The molecule has 0 saturated carbocycles. The summed E-state index contributed by atoms with van der Waals surface area (Å²) >= 11 is 3.27. The fourth-order valence-corrected chi connectivity index (χ4v) is 4.74. The number of ether oxygens (including phenoxy) is 1. The minimum absolute atomic E-state index is 0.205. The van der Waals surface area contributed by atoms with Crippen molar-refractivity contribution >= 4 is 31.6 Å². The van der Waals surface area contributed by atoms with Crippen molar-refractivity contribution in [2.24, 2.45) is 0 Å². The molecule has 1 aliphatic heterocycles. The van der Waals surface area contributed by atoms with Gasteiger partial charge in [-0.2, -0.15) is 4.31 Å². The zero-order chi connectivity index (χ0) is 16.1. The van der Waals surface area contributed by atoms with Gasteiger partial charge in [0, 0.05) is 23.2 Å². The number of sulfonamides is 1. The largest absolute Gasteiger partial charge is 0.398 e. The van der Waals surface area contributed by atoms with Gasteiger partial charge in [0.15, 0.2) is 0 Å². The normalized spacial score (nSPS) is 22.1. The number of hydrogen-bond donors (Lipinski definition) is 1. The number of nitrogens with two attached hydrogens (primary N) is 1. The van der Waals surface area contributed by atoms with Gasteiger partial charge in [-0.25, -0.2) is 8.42 Å². The van der Waals surface area contributed by atoms with Crippen molar-refractivity contribution in [2.75, 3.05) is 18.8 Å². The number of morpholine rings is 1. The fourth-order valence-electron chi connectivity index (χ4n) is 2.72. The van der Waals surface area contributed by atoms with Gasteiger partial charge in [-0.15, -0.1) is 0 Å². The summed E-state index contributed by atoms with van der Waals surface area (Å²) in [5.41, 5.74) is 5.14. The third-order valence-electron chi connectivity index (χ3n) is 3.27. The number of halogens is 1. The summed E-state index contributed by atoms with van der Waals surface area (Å²) in [6.45, 7) is 8.21. The molecule has 0 atom stereocenters. The zero-order valence-electron chi connectivity index (χ0n) is 12.7. The molecule has 0 amide bonds. The van der Waals surface area contributed by atoms with Crippen LogP contribution in [0.3, 0.4) is 0 Å². The van der Waals surface area contributed by atoms with Gasteiger partial charge in [-0.05, 0) is 61.8 Å². The van der Waals surface area contributed by atoms with Gasteiger partial charge in [0.25, 0.3) is 0 Å². The van der Waals surface area contributed by atoms with Crippen molar-refractivity contribution in [3.63, 3.8) is 0 Å². The lowest BCUT2D eigenvalue weighted by Gasteiger charge is -2.46. The second-order valence-corrected chi connectivity index (χ2v) is 9.37. The van der Waals surface area contributed by atoms with Crippen LogP contribution in [0, 0.1) is 0 Å². The van der Waals surface area contributed by atoms with E-state index in [0.717, 1.165) is 0 Å². The van der Waals surface area contributed by atoms with Gasteiger partial charge in [0.05, 0.1) is 16.1 Å². The topological polar surface area (TPSA) is 72.6 Å². The summed E-state index contributed by atoms with van der Waals surface area (Å²) in [6, 6.07) is 4.69. The summed E-state index contributed by atoms with van der Waals surface area (Å²) < 4.78 is 33.7. The molecule has 1 fully saturated rings. The predicted octanol–water partition coefficient (Wildman–Crippen LogP) is 2.61. The van der Waals surface area contributed by atoms with Gasteiger partial charge >= 0.3 is 0 Å². The molecule has 21 heavy (non-hydrogen) atoms. The fraction of sp³-hybridized carbons (Fsp3) is 0.571. The summed E-state index contributed by atoms with van der Waals surface area (Å²) in [5, 5.41) is 0. The highest BCUT2D eigenvalue weighted by molar-refractivity contribution is 9.10. The maximum atomic E-state index is 12.8. The van der Waals surface area contributed by atoms with Crippen LogP contribution in [0.25, 0.3) is 0 Å². The van der Waals surface area contributed by atoms with Gasteiger partial charge < -0.3 is 10.5 Å². The van der Waals surface area contributed by atoms with Crippen LogP contribution in [0.5, 0.6) is 0 Å². The Bertz CT molecular complexity index is 640. The molecule has 1 aromatic rings. The first-order valence-electron chi connectivity index (χ1n) is 6.68. The molecule has 7 heteroatoms. The van der Waals surface area contributed by atoms with E-state index in [-0.39, 0.29) is 4.90 Å². The van der Waals surface area contributed by atoms with Crippen molar-refractivity contribution in [1.82, 2.24) is 4.31 Å². The SMILES string of the molecule is CC1(C)CN(S(=O)(=O)c2ccc(Br)c(N)c2)CC(C)(C)O1. The number of nitrogen functional groups attached to an aromatic ring is 1. The molecule has 0 aromatic heterocycles. The molecule has 0 bridgehead atoms. The van der Waals surface area contributed by atoms with E-state index in [4.69, 9.17) is 10.5 Å². The summed E-state index contributed by atoms with van der Waals surface area (Å²) in [4.78, 5) is 0.205. The van der Waals surface area contributed by atoms with Crippen LogP contribution in [-0.2, 0) is 14.8 Å². The Labute approximate surface area is 134 Å². The Hall–Kier alpha value is -0.630. The highest BCUT2D eigenvalue weighted by atomic mass is 79.9. The van der Waals surface area contributed by atoms with Crippen LogP contribution in [0.1, 0.15) is 27.7 Å². The summed E-state index contributed by atoms with van der Waals surface area (Å²) in [5.74, 6) is 0. The van der Waals surface area contributed by atoms with Crippen molar-refractivity contribution in [2.45, 2.75) is 43.8 Å². The average Bonchev–Trinajstić information content (AvgIpc) is 2.28. The first-order chi connectivity index (χ1) is 9.43. The average molecular weight is 377 g/mol. The molecule has 5 nitrogen and oxygen atoms in total. The van der Waals surface area contributed by atoms with E-state index in [1.165, 1.54) is 10.4 Å². The van der Waals surface area contributed by atoms with Gasteiger partial charge in [0.1, 0.15) is 0 Å². The van der Waals surface area contributed by atoms with Gasteiger partial charge in [-0.3, -0.25) is 0 Å².